The molecule has 4 atom stereocenters. The molecule has 0 aliphatic carbocycles. The molecule has 2 heterocycles. The maximum absolute atomic E-state index is 14.7. The average molecular weight is 362 g/mol. The van der Waals surface area contributed by atoms with Crippen LogP contribution in [-0.4, -0.2) is 56.2 Å². The van der Waals surface area contributed by atoms with E-state index in [4.69, 9.17) is 9.47 Å². The van der Waals surface area contributed by atoms with E-state index in [9.17, 15) is 29.0 Å². The van der Waals surface area contributed by atoms with Crippen molar-refractivity contribution in [2.75, 3.05) is 6.61 Å². The van der Waals surface area contributed by atoms with E-state index in [-0.39, 0.29) is 0 Å². The molecule has 0 amide bonds. The molecule has 1 saturated heterocycles. The summed E-state index contributed by atoms with van der Waals surface area (Å²) < 4.78 is 29.8. The van der Waals surface area contributed by atoms with Gasteiger partial charge in [-0.3, -0.25) is 14.3 Å². The second kappa shape index (κ2) is 6.58. The Balaban J connectivity index is 2.13. The van der Waals surface area contributed by atoms with Crippen molar-refractivity contribution in [3.63, 3.8) is 0 Å². The SMILES string of the molecule is CC(C)(C)OC(=O)OC[C@@]1(F)O[C@@H](n2ccc(=O)[nH]c2=O)[C@H](O)[C@@H]1O. The third-order valence-corrected chi connectivity index (χ3v) is 3.28. The molecule has 1 aromatic rings. The summed E-state index contributed by atoms with van der Waals surface area (Å²) in [6.45, 7) is 3.64. The Hall–Kier alpha value is -2.24. The van der Waals surface area contributed by atoms with Crippen LogP contribution in [0.1, 0.15) is 27.0 Å². The summed E-state index contributed by atoms with van der Waals surface area (Å²) in [5.41, 5.74) is -2.55. The number of hydrogen-bond acceptors (Lipinski definition) is 8. The van der Waals surface area contributed by atoms with Crippen molar-refractivity contribution in [3.8, 4) is 0 Å². The summed E-state index contributed by atoms with van der Waals surface area (Å²) >= 11 is 0. The van der Waals surface area contributed by atoms with E-state index >= 15 is 0 Å². The lowest BCUT2D eigenvalue weighted by Crippen LogP contribution is -2.44. The van der Waals surface area contributed by atoms with Crippen LogP contribution in [0.15, 0.2) is 21.9 Å². The molecule has 11 heteroatoms. The molecule has 25 heavy (non-hydrogen) atoms. The molecule has 10 nitrogen and oxygen atoms in total. The fourth-order valence-corrected chi connectivity index (χ4v) is 2.16. The van der Waals surface area contributed by atoms with E-state index in [1.54, 1.807) is 20.8 Å². The van der Waals surface area contributed by atoms with Crippen LogP contribution in [0, 0.1) is 0 Å². The zero-order chi connectivity index (χ0) is 19.0. The minimum Gasteiger partial charge on any atom is -0.429 e. The number of aliphatic hydroxyl groups excluding tert-OH is 2. The van der Waals surface area contributed by atoms with Crippen molar-refractivity contribution in [3.05, 3.63) is 33.1 Å². The molecule has 0 unspecified atom stereocenters. The summed E-state index contributed by atoms with van der Waals surface area (Å²) in [4.78, 5) is 36.2. The zero-order valence-electron chi connectivity index (χ0n) is 13.8. The minimum absolute atomic E-state index is 0.699. The Morgan fingerprint density at radius 2 is 2.08 bits per heavy atom. The van der Waals surface area contributed by atoms with Crippen LogP contribution >= 0.6 is 0 Å². The lowest BCUT2D eigenvalue weighted by Gasteiger charge is -2.24. The first-order chi connectivity index (χ1) is 11.4. The van der Waals surface area contributed by atoms with Crippen molar-refractivity contribution in [1.29, 1.82) is 0 Å². The number of aliphatic hydroxyl groups is 2. The summed E-state index contributed by atoms with van der Waals surface area (Å²) in [7, 11) is 0. The number of alkyl halides is 1. The Morgan fingerprint density at radius 3 is 2.64 bits per heavy atom. The van der Waals surface area contributed by atoms with Gasteiger partial charge < -0.3 is 24.4 Å². The van der Waals surface area contributed by atoms with Crippen LogP contribution in [0.5, 0.6) is 0 Å². The van der Waals surface area contributed by atoms with Crippen LogP contribution < -0.4 is 11.2 Å². The number of ether oxygens (including phenoxy) is 3. The zero-order valence-corrected chi connectivity index (χ0v) is 13.8. The highest BCUT2D eigenvalue weighted by molar-refractivity contribution is 5.60. The Bertz CT molecular complexity index is 754. The molecule has 0 spiro atoms. The van der Waals surface area contributed by atoms with E-state index in [1.807, 2.05) is 4.98 Å². The van der Waals surface area contributed by atoms with Gasteiger partial charge in [0.15, 0.2) is 12.8 Å². The maximum Gasteiger partial charge on any atom is 0.508 e. The lowest BCUT2D eigenvalue weighted by molar-refractivity contribution is -0.211. The molecule has 1 aliphatic rings. The molecule has 1 aromatic heterocycles. The van der Waals surface area contributed by atoms with Gasteiger partial charge >= 0.3 is 11.8 Å². The fraction of sp³-hybridized carbons (Fsp3) is 0.643. The number of nitrogens with zero attached hydrogens (tertiary/aromatic N) is 1. The number of aromatic nitrogens is 2. The predicted molar refractivity (Wildman–Crippen MR) is 79.5 cm³/mol. The minimum atomic E-state index is -2.98. The maximum atomic E-state index is 14.7. The van der Waals surface area contributed by atoms with Crippen LogP contribution in [0.4, 0.5) is 9.18 Å². The van der Waals surface area contributed by atoms with Crippen LogP contribution in [0.2, 0.25) is 0 Å². The Labute approximate surface area is 140 Å². The number of rotatable bonds is 3. The first kappa shape index (κ1) is 19.1. The van der Waals surface area contributed by atoms with Gasteiger partial charge in [-0.25, -0.2) is 14.0 Å². The molecule has 140 valence electrons. The van der Waals surface area contributed by atoms with Crippen LogP contribution in [0.3, 0.4) is 0 Å². The summed E-state index contributed by atoms with van der Waals surface area (Å²) in [6.07, 6.45) is -5.82. The topological polar surface area (TPSA) is 140 Å². The molecule has 0 aromatic carbocycles. The van der Waals surface area contributed by atoms with E-state index in [0.717, 1.165) is 12.3 Å². The first-order valence-electron chi connectivity index (χ1n) is 7.33. The molecule has 1 aliphatic heterocycles. The Kier molecular flexibility index (Phi) is 5.02. The molecular weight excluding hydrogens is 343 g/mol. The predicted octanol–water partition coefficient (Wildman–Crippen LogP) is -0.595. The van der Waals surface area contributed by atoms with E-state index in [2.05, 4.69) is 4.74 Å². The standard InChI is InChI=1S/C14H19FN2O8/c1-13(2,3)25-12(22)23-6-14(15)9(20)8(19)10(24-14)17-5-4-7(18)16-11(17)21/h4-5,8-10,19-20H,6H2,1-3H3,(H,16,18,21)/t8-,9+,10-,14-/m1/s1. The lowest BCUT2D eigenvalue weighted by atomic mass is 10.1. The number of aromatic amines is 1. The highest BCUT2D eigenvalue weighted by Crippen LogP contribution is 2.38. The van der Waals surface area contributed by atoms with Gasteiger partial charge in [-0.2, -0.15) is 0 Å². The number of carbonyl (C=O) groups is 1. The first-order valence-corrected chi connectivity index (χ1v) is 7.33. The molecule has 3 N–H and O–H groups in total. The van der Waals surface area contributed by atoms with Gasteiger partial charge in [0.1, 0.15) is 17.8 Å². The molecular formula is C14H19FN2O8. The molecule has 0 saturated carbocycles. The van der Waals surface area contributed by atoms with Gasteiger partial charge in [0.25, 0.3) is 11.4 Å². The van der Waals surface area contributed by atoms with E-state index < -0.39 is 53.9 Å². The number of nitrogens with one attached hydrogen (secondary N) is 1. The van der Waals surface area contributed by atoms with Gasteiger partial charge in [0.05, 0.1) is 0 Å². The highest BCUT2D eigenvalue weighted by atomic mass is 19.2. The normalized spacial score (nSPS) is 29.4. The van der Waals surface area contributed by atoms with E-state index in [1.165, 1.54) is 0 Å². The molecule has 1 fully saturated rings. The quantitative estimate of drug-likeness (QED) is 0.606. The smallest absolute Gasteiger partial charge is 0.429 e. The van der Waals surface area contributed by atoms with Gasteiger partial charge in [-0.15, -0.1) is 0 Å². The van der Waals surface area contributed by atoms with Crippen molar-refractivity contribution >= 4 is 6.16 Å². The second-order valence-electron chi connectivity index (χ2n) is 6.50. The van der Waals surface area contributed by atoms with Crippen LogP contribution in [-0.2, 0) is 14.2 Å². The van der Waals surface area contributed by atoms with Crippen molar-refractivity contribution < 1.29 is 33.6 Å². The van der Waals surface area contributed by atoms with Gasteiger partial charge in [0, 0.05) is 12.3 Å². The van der Waals surface area contributed by atoms with Gasteiger partial charge in [-0.05, 0) is 20.8 Å². The third kappa shape index (κ3) is 4.24. The summed E-state index contributed by atoms with van der Waals surface area (Å²) in [5.74, 6) is -2.98. The van der Waals surface area contributed by atoms with E-state index in [0.29, 0.717) is 4.57 Å². The number of hydrogen-bond donors (Lipinski definition) is 3. The van der Waals surface area contributed by atoms with Crippen molar-refractivity contribution in [1.82, 2.24) is 9.55 Å². The highest BCUT2D eigenvalue weighted by Gasteiger charge is 2.57. The number of halogens is 1. The third-order valence-electron chi connectivity index (χ3n) is 3.28. The van der Waals surface area contributed by atoms with Gasteiger partial charge in [-0.1, -0.05) is 0 Å². The van der Waals surface area contributed by atoms with Crippen molar-refractivity contribution in [2.45, 2.75) is 50.7 Å². The molecule has 0 radical (unpaired) electrons. The second-order valence-corrected chi connectivity index (χ2v) is 6.50. The van der Waals surface area contributed by atoms with Gasteiger partial charge in [0.2, 0.25) is 0 Å². The molecule has 2 rings (SSSR count). The Morgan fingerprint density at radius 1 is 1.44 bits per heavy atom. The monoisotopic (exact) mass is 362 g/mol. The average Bonchev–Trinajstić information content (AvgIpc) is 2.69. The number of H-pyrrole nitrogens is 1. The van der Waals surface area contributed by atoms with Crippen molar-refractivity contribution in [2.24, 2.45) is 0 Å². The molecule has 0 bridgehead atoms. The number of carbonyl (C=O) groups excluding carboxylic acids is 1. The summed E-state index contributed by atoms with van der Waals surface area (Å²) in [6, 6.07) is 0.958. The summed E-state index contributed by atoms with van der Waals surface area (Å²) in [5, 5.41) is 19.8. The fourth-order valence-electron chi connectivity index (χ4n) is 2.16. The van der Waals surface area contributed by atoms with Crippen LogP contribution in [0.25, 0.3) is 0 Å². The largest absolute Gasteiger partial charge is 0.508 e.